The molecule has 1 amide bonds. The minimum Gasteiger partial charge on any atom is -0.373 e. The highest BCUT2D eigenvalue weighted by Gasteiger charge is 2.42. The van der Waals surface area contributed by atoms with Gasteiger partial charge in [0.1, 0.15) is 11.6 Å². The van der Waals surface area contributed by atoms with Crippen LogP contribution in [0.15, 0.2) is 0 Å². The van der Waals surface area contributed by atoms with Crippen LogP contribution in [0.25, 0.3) is 0 Å². The Hall–Kier alpha value is -1.74. The van der Waals surface area contributed by atoms with Crippen LogP contribution in [0.4, 0.5) is 5.82 Å². The lowest BCUT2D eigenvalue weighted by Crippen LogP contribution is -2.40. The van der Waals surface area contributed by atoms with Gasteiger partial charge in [0.2, 0.25) is 15.9 Å². The normalized spacial score (nSPS) is 23.8. The number of amides is 1. The lowest BCUT2D eigenvalue weighted by Gasteiger charge is -2.32. The molecule has 0 radical (unpaired) electrons. The van der Waals surface area contributed by atoms with Gasteiger partial charge in [0.05, 0.1) is 23.5 Å². The average molecular weight is 422 g/mol. The lowest BCUT2D eigenvalue weighted by atomic mass is 10.0. The van der Waals surface area contributed by atoms with Gasteiger partial charge in [-0.05, 0) is 32.1 Å². The van der Waals surface area contributed by atoms with Crippen molar-refractivity contribution >= 4 is 21.7 Å². The predicted octanol–water partition coefficient (Wildman–Crippen LogP) is 2.22. The lowest BCUT2D eigenvalue weighted by molar-refractivity contribution is -0.129. The second-order valence-corrected chi connectivity index (χ2v) is 10.5. The smallest absolute Gasteiger partial charge is 0.219 e. The Balaban J connectivity index is 1.66. The van der Waals surface area contributed by atoms with E-state index < -0.39 is 10.0 Å². The summed E-state index contributed by atoms with van der Waals surface area (Å²) < 4.78 is 28.4. The summed E-state index contributed by atoms with van der Waals surface area (Å²) in [5.41, 5.74) is 1.87. The Morgan fingerprint density at radius 3 is 2.52 bits per heavy atom. The van der Waals surface area contributed by atoms with Gasteiger partial charge in [0.15, 0.2) is 0 Å². The van der Waals surface area contributed by atoms with Crippen molar-refractivity contribution in [1.82, 2.24) is 19.2 Å². The molecule has 0 unspecified atom stereocenters. The van der Waals surface area contributed by atoms with Gasteiger partial charge in [-0.25, -0.2) is 18.4 Å². The Labute approximate surface area is 173 Å². The number of hydrogen-bond acceptors (Lipinski definition) is 6. The molecule has 160 valence electrons. The largest absolute Gasteiger partial charge is 0.373 e. The number of rotatable bonds is 4. The third-order valence-corrected chi connectivity index (χ3v) is 8.97. The molecule has 9 heteroatoms. The number of aromatic nitrogens is 2. The molecule has 1 aliphatic carbocycles. The van der Waals surface area contributed by atoms with Gasteiger partial charge < -0.3 is 10.2 Å². The first-order valence-corrected chi connectivity index (χ1v) is 12.3. The summed E-state index contributed by atoms with van der Waals surface area (Å²) in [6.45, 7) is 3.22. The first-order chi connectivity index (χ1) is 13.9. The molecule has 0 bridgehead atoms. The summed E-state index contributed by atoms with van der Waals surface area (Å²) in [7, 11) is -1.53. The van der Waals surface area contributed by atoms with Crippen LogP contribution >= 0.6 is 0 Å². The number of carbonyl (C=O) groups excluding carboxylic acids is 1. The van der Waals surface area contributed by atoms with Gasteiger partial charge in [-0.15, -0.1) is 0 Å². The van der Waals surface area contributed by atoms with Crippen LogP contribution in [-0.4, -0.2) is 58.9 Å². The second-order valence-electron chi connectivity index (χ2n) is 8.37. The molecule has 0 aromatic carbocycles. The summed E-state index contributed by atoms with van der Waals surface area (Å²) in [6.07, 6.45) is 6.89. The zero-order valence-corrected chi connectivity index (χ0v) is 18.2. The number of anilines is 1. The molecular formula is C20H31N5O3S. The van der Waals surface area contributed by atoms with E-state index in [1.54, 1.807) is 16.1 Å². The summed E-state index contributed by atoms with van der Waals surface area (Å²) in [6, 6.07) is -0.313. The van der Waals surface area contributed by atoms with E-state index in [9.17, 15) is 13.2 Å². The third kappa shape index (κ3) is 3.86. The fourth-order valence-corrected chi connectivity index (χ4v) is 7.18. The molecule has 1 aromatic heterocycles. The minimum atomic E-state index is -3.36. The van der Waals surface area contributed by atoms with Gasteiger partial charge in [-0.3, -0.25) is 4.79 Å². The van der Waals surface area contributed by atoms with Crippen molar-refractivity contribution in [3.05, 3.63) is 17.1 Å². The first kappa shape index (κ1) is 20.5. The van der Waals surface area contributed by atoms with Crippen molar-refractivity contribution in [1.29, 1.82) is 0 Å². The molecule has 2 fully saturated rings. The van der Waals surface area contributed by atoms with Crippen LogP contribution in [0.2, 0.25) is 0 Å². The van der Waals surface area contributed by atoms with E-state index in [0.29, 0.717) is 31.9 Å². The number of nitrogens with zero attached hydrogens (tertiary/aromatic N) is 4. The monoisotopic (exact) mass is 421 g/mol. The van der Waals surface area contributed by atoms with E-state index in [4.69, 9.17) is 9.97 Å². The molecule has 1 N–H and O–H groups in total. The van der Waals surface area contributed by atoms with Crippen molar-refractivity contribution in [3.63, 3.8) is 0 Å². The highest BCUT2D eigenvalue weighted by molar-refractivity contribution is 7.89. The number of fused-ring (bicyclic) bond motifs is 1. The van der Waals surface area contributed by atoms with E-state index in [1.807, 2.05) is 7.05 Å². The van der Waals surface area contributed by atoms with Gasteiger partial charge >= 0.3 is 0 Å². The van der Waals surface area contributed by atoms with E-state index in [0.717, 1.165) is 62.0 Å². The first-order valence-electron chi connectivity index (χ1n) is 10.8. The van der Waals surface area contributed by atoms with Crippen molar-refractivity contribution in [3.8, 4) is 0 Å². The number of sulfonamides is 1. The maximum absolute atomic E-state index is 13.4. The molecule has 1 saturated carbocycles. The molecule has 4 rings (SSSR count). The van der Waals surface area contributed by atoms with E-state index in [-0.39, 0.29) is 17.2 Å². The molecule has 29 heavy (non-hydrogen) atoms. The zero-order valence-electron chi connectivity index (χ0n) is 17.4. The van der Waals surface area contributed by atoms with Crippen LogP contribution in [0.1, 0.15) is 75.0 Å². The standard InChI is InChI=1S/C20H31N5O3S/c1-14(26)24-12-10-16-17(13-24)22-20(23-19(16)21-2)18-9-6-11-25(18)29(27,28)15-7-4-3-5-8-15/h15,18H,3-13H2,1-2H3,(H,21,22,23)/t18-/m1/s1. The van der Waals surface area contributed by atoms with E-state index in [1.165, 1.54) is 0 Å². The van der Waals surface area contributed by atoms with Gasteiger partial charge in [-0.1, -0.05) is 19.3 Å². The molecule has 8 nitrogen and oxygen atoms in total. The molecule has 2 aliphatic heterocycles. The Morgan fingerprint density at radius 1 is 1.07 bits per heavy atom. The predicted molar refractivity (Wildman–Crippen MR) is 111 cm³/mol. The Kier molecular flexibility index (Phi) is 5.79. The van der Waals surface area contributed by atoms with E-state index in [2.05, 4.69) is 5.32 Å². The molecule has 0 spiro atoms. The van der Waals surface area contributed by atoms with Crippen molar-refractivity contribution in [2.45, 2.75) is 76.1 Å². The van der Waals surface area contributed by atoms with Gasteiger partial charge in [-0.2, -0.15) is 4.31 Å². The summed E-state index contributed by atoms with van der Waals surface area (Å²) in [5.74, 6) is 1.36. The van der Waals surface area contributed by atoms with Crippen LogP contribution in [0.5, 0.6) is 0 Å². The van der Waals surface area contributed by atoms with E-state index >= 15 is 0 Å². The molecule has 3 heterocycles. The number of hydrogen-bond donors (Lipinski definition) is 1. The topological polar surface area (TPSA) is 95.5 Å². The summed E-state index contributed by atoms with van der Waals surface area (Å²) >= 11 is 0. The Morgan fingerprint density at radius 2 is 1.83 bits per heavy atom. The Bertz CT molecular complexity index is 882. The van der Waals surface area contributed by atoms with Crippen LogP contribution < -0.4 is 5.32 Å². The van der Waals surface area contributed by atoms with Crippen molar-refractivity contribution in [2.75, 3.05) is 25.5 Å². The fraction of sp³-hybridized carbons (Fsp3) is 0.750. The van der Waals surface area contributed by atoms with Crippen molar-refractivity contribution < 1.29 is 13.2 Å². The average Bonchev–Trinajstić information content (AvgIpc) is 3.24. The zero-order chi connectivity index (χ0) is 20.6. The van der Waals surface area contributed by atoms with Crippen LogP contribution in [-0.2, 0) is 27.8 Å². The maximum atomic E-state index is 13.4. The summed E-state index contributed by atoms with van der Waals surface area (Å²) in [4.78, 5) is 23.2. The molecular weight excluding hydrogens is 390 g/mol. The molecule has 1 aromatic rings. The molecule has 3 aliphatic rings. The maximum Gasteiger partial charge on any atom is 0.219 e. The van der Waals surface area contributed by atoms with Crippen LogP contribution in [0.3, 0.4) is 0 Å². The number of carbonyl (C=O) groups is 1. The summed E-state index contributed by atoms with van der Waals surface area (Å²) in [5, 5.41) is 2.89. The fourth-order valence-electron chi connectivity index (χ4n) is 4.93. The van der Waals surface area contributed by atoms with Gasteiger partial charge in [0, 0.05) is 32.6 Å². The number of nitrogens with one attached hydrogen (secondary N) is 1. The second kappa shape index (κ2) is 8.18. The van der Waals surface area contributed by atoms with Gasteiger partial charge in [0.25, 0.3) is 0 Å². The highest BCUT2D eigenvalue weighted by Crippen LogP contribution is 2.38. The highest BCUT2D eigenvalue weighted by atomic mass is 32.2. The molecule has 1 saturated heterocycles. The SMILES string of the molecule is CNc1nc([C@H]2CCCN2S(=O)(=O)C2CCCCC2)nc2c1CCN(C(C)=O)C2. The molecule has 1 atom stereocenters. The third-order valence-electron chi connectivity index (χ3n) is 6.57. The van der Waals surface area contributed by atoms with Crippen LogP contribution in [0, 0.1) is 0 Å². The minimum absolute atomic E-state index is 0.0317. The quantitative estimate of drug-likeness (QED) is 0.801. The van der Waals surface area contributed by atoms with Crippen molar-refractivity contribution in [2.24, 2.45) is 0 Å².